The Kier molecular flexibility index (Phi) is 2.68. The summed E-state index contributed by atoms with van der Waals surface area (Å²) in [5, 5.41) is 25.2. The molecule has 0 saturated heterocycles. The lowest BCUT2D eigenvalue weighted by Gasteiger charge is -2.07. The molecule has 6 nitrogen and oxygen atoms in total. The van der Waals surface area contributed by atoms with Crippen LogP contribution in [0.5, 0.6) is 5.75 Å². The van der Waals surface area contributed by atoms with E-state index in [2.05, 4.69) is 4.74 Å². The van der Waals surface area contributed by atoms with Gasteiger partial charge in [-0.05, 0) is 24.3 Å². The smallest absolute Gasteiger partial charge is 0.449 e. The largest absolute Gasteiger partial charge is 0.511 e. The number of carbonyl (C=O) groups is 1. The number of nitrogens with zero attached hydrogens (tertiary/aromatic N) is 1. The average Bonchev–Trinajstić information content (AvgIpc) is 2.04. The number of hydrogen-bond donors (Lipinski definition) is 3. The maximum Gasteiger partial charge on any atom is 0.511 e. The molecule has 70 valence electrons. The van der Waals surface area contributed by atoms with E-state index in [-0.39, 0.29) is 16.7 Å². The minimum Gasteiger partial charge on any atom is -0.449 e. The Balaban J connectivity index is 2.75. The number of rotatable bonds is 2. The summed E-state index contributed by atoms with van der Waals surface area (Å²) in [6, 6.07) is 5.17. The van der Waals surface area contributed by atoms with Gasteiger partial charge >= 0.3 is 6.16 Å². The van der Waals surface area contributed by atoms with Crippen LogP contribution in [-0.4, -0.2) is 21.7 Å². The zero-order valence-corrected chi connectivity index (χ0v) is 6.41. The highest BCUT2D eigenvalue weighted by Gasteiger charge is 2.02. The summed E-state index contributed by atoms with van der Waals surface area (Å²) in [6.45, 7) is 0. The number of anilines is 1. The molecule has 0 spiro atoms. The Morgan fingerprint density at radius 2 is 1.77 bits per heavy atom. The predicted octanol–water partition coefficient (Wildman–Crippen LogP) is 1.33. The second-order valence-corrected chi connectivity index (χ2v) is 2.15. The lowest BCUT2D eigenvalue weighted by atomic mass is 10.3. The average molecular weight is 185 g/mol. The summed E-state index contributed by atoms with van der Waals surface area (Å²) in [4.78, 5) is 10.1. The maximum atomic E-state index is 10.1. The molecule has 0 aliphatic heterocycles. The Bertz CT molecular complexity index is 294. The maximum absolute atomic E-state index is 10.1. The van der Waals surface area contributed by atoms with Gasteiger partial charge in [0.05, 0.1) is 5.69 Å². The zero-order valence-electron chi connectivity index (χ0n) is 6.41. The first kappa shape index (κ1) is 9.30. The quantitative estimate of drug-likeness (QED) is 0.366. The Morgan fingerprint density at radius 1 is 1.23 bits per heavy atom. The van der Waals surface area contributed by atoms with Crippen LogP contribution in [0.15, 0.2) is 24.3 Å². The van der Waals surface area contributed by atoms with Crippen molar-refractivity contribution < 1.29 is 25.1 Å². The minimum absolute atomic E-state index is 0.0788. The van der Waals surface area contributed by atoms with Gasteiger partial charge in [0.2, 0.25) is 0 Å². The molecule has 0 bridgehead atoms. The first-order valence-corrected chi connectivity index (χ1v) is 3.28. The summed E-state index contributed by atoms with van der Waals surface area (Å²) in [6.07, 6.45) is -1.42. The van der Waals surface area contributed by atoms with Crippen LogP contribution < -0.4 is 9.96 Å². The van der Waals surface area contributed by atoms with Crippen molar-refractivity contribution in [3.8, 4) is 5.75 Å². The lowest BCUT2D eigenvalue weighted by molar-refractivity contribution is 0.0291. The van der Waals surface area contributed by atoms with Gasteiger partial charge in [-0.1, -0.05) is 0 Å². The Hall–Kier alpha value is -1.79. The minimum atomic E-state index is -1.42. The van der Waals surface area contributed by atoms with E-state index in [0.717, 1.165) is 0 Å². The molecular formula is C7H7NO5. The van der Waals surface area contributed by atoms with Gasteiger partial charge in [0.15, 0.2) is 0 Å². The predicted molar refractivity (Wildman–Crippen MR) is 41.1 cm³/mol. The molecule has 0 aliphatic carbocycles. The molecule has 0 aromatic heterocycles. The van der Waals surface area contributed by atoms with E-state index in [1.165, 1.54) is 24.3 Å². The molecule has 1 aromatic carbocycles. The second-order valence-electron chi connectivity index (χ2n) is 2.15. The summed E-state index contributed by atoms with van der Waals surface area (Å²) >= 11 is 0. The third-order valence-electron chi connectivity index (χ3n) is 1.27. The third-order valence-corrected chi connectivity index (χ3v) is 1.27. The van der Waals surface area contributed by atoms with Crippen molar-refractivity contribution in [2.75, 3.05) is 5.23 Å². The third kappa shape index (κ3) is 2.62. The topological polar surface area (TPSA) is 90.2 Å². The standard InChI is InChI=1S/C7H7NO5/c9-7(10)13-6-3-1-5(2-4-6)8(11)12/h1-4,11-12H,(H,9,10). The van der Waals surface area contributed by atoms with Crippen molar-refractivity contribution in [1.82, 2.24) is 0 Å². The van der Waals surface area contributed by atoms with Crippen molar-refractivity contribution in [3.05, 3.63) is 24.3 Å². The van der Waals surface area contributed by atoms with Crippen LogP contribution >= 0.6 is 0 Å². The fourth-order valence-corrected chi connectivity index (χ4v) is 0.748. The molecule has 0 radical (unpaired) electrons. The molecule has 0 unspecified atom stereocenters. The highest BCUT2D eigenvalue weighted by Crippen LogP contribution is 2.17. The van der Waals surface area contributed by atoms with Crippen molar-refractivity contribution in [2.45, 2.75) is 0 Å². The second kappa shape index (κ2) is 3.74. The summed E-state index contributed by atoms with van der Waals surface area (Å²) in [7, 11) is 0. The van der Waals surface area contributed by atoms with Crippen molar-refractivity contribution >= 4 is 11.8 Å². The number of ether oxygens (including phenoxy) is 1. The van der Waals surface area contributed by atoms with Gasteiger partial charge in [-0.3, -0.25) is 10.4 Å². The molecule has 13 heavy (non-hydrogen) atoms. The molecule has 0 fully saturated rings. The van der Waals surface area contributed by atoms with E-state index >= 15 is 0 Å². The van der Waals surface area contributed by atoms with E-state index in [1.54, 1.807) is 0 Å². The number of benzene rings is 1. The molecule has 0 aliphatic rings. The Morgan fingerprint density at radius 3 is 2.15 bits per heavy atom. The van der Waals surface area contributed by atoms with Crippen LogP contribution in [0.3, 0.4) is 0 Å². The first-order chi connectivity index (χ1) is 6.09. The molecule has 0 saturated carbocycles. The molecule has 3 N–H and O–H groups in total. The molecule has 0 atom stereocenters. The SMILES string of the molecule is O=C(O)Oc1ccc(N(O)O)cc1. The van der Waals surface area contributed by atoms with Crippen molar-refractivity contribution in [2.24, 2.45) is 0 Å². The van der Waals surface area contributed by atoms with E-state index in [0.29, 0.717) is 0 Å². The number of hydrogen-bond acceptors (Lipinski definition) is 5. The molecule has 1 rings (SSSR count). The normalized spacial score (nSPS) is 9.38. The van der Waals surface area contributed by atoms with Gasteiger partial charge < -0.3 is 9.84 Å². The fourth-order valence-electron chi connectivity index (χ4n) is 0.748. The van der Waals surface area contributed by atoms with Crippen LogP contribution in [0.1, 0.15) is 0 Å². The van der Waals surface area contributed by atoms with Crippen LogP contribution in [0, 0.1) is 0 Å². The van der Waals surface area contributed by atoms with Gasteiger partial charge in [0.1, 0.15) is 5.75 Å². The van der Waals surface area contributed by atoms with Gasteiger partial charge in [-0.2, -0.15) is 0 Å². The van der Waals surface area contributed by atoms with Crippen molar-refractivity contribution in [3.63, 3.8) is 0 Å². The van der Waals surface area contributed by atoms with Gasteiger partial charge in [-0.25, -0.2) is 4.79 Å². The molecule has 1 aromatic rings. The van der Waals surface area contributed by atoms with Gasteiger partial charge in [0, 0.05) is 0 Å². The van der Waals surface area contributed by atoms with E-state index < -0.39 is 6.16 Å². The van der Waals surface area contributed by atoms with E-state index in [1.807, 2.05) is 0 Å². The zero-order chi connectivity index (χ0) is 9.84. The monoisotopic (exact) mass is 185 g/mol. The van der Waals surface area contributed by atoms with Crippen LogP contribution in [0.4, 0.5) is 10.5 Å². The Labute approximate surface area is 73.1 Å². The summed E-state index contributed by atoms with van der Waals surface area (Å²) in [5.41, 5.74) is 0.109. The molecule has 6 heteroatoms. The molecular weight excluding hydrogens is 178 g/mol. The highest BCUT2D eigenvalue weighted by molar-refractivity contribution is 5.61. The van der Waals surface area contributed by atoms with E-state index in [4.69, 9.17) is 15.5 Å². The first-order valence-electron chi connectivity index (χ1n) is 3.28. The van der Waals surface area contributed by atoms with Gasteiger partial charge in [-0.15, -0.1) is 5.23 Å². The summed E-state index contributed by atoms with van der Waals surface area (Å²) < 4.78 is 4.28. The van der Waals surface area contributed by atoms with Crippen molar-refractivity contribution in [1.29, 1.82) is 0 Å². The van der Waals surface area contributed by atoms with Crippen LogP contribution in [-0.2, 0) is 0 Å². The molecule has 0 amide bonds. The van der Waals surface area contributed by atoms with Crippen LogP contribution in [0.2, 0.25) is 0 Å². The van der Waals surface area contributed by atoms with Crippen LogP contribution in [0.25, 0.3) is 0 Å². The van der Waals surface area contributed by atoms with E-state index in [9.17, 15) is 4.79 Å². The fraction of sp³-hybridized carbons (Fsp3) is 0. The number of carboxylic acid groups (broad SMARTS) is 1. The lowest BCUT2D eigenvalue weighted by Crippen LogP contribution is -2.10. The summed E-state index contributed by atoms with van der Waals surface area (Å²) in [5.74, 6) is 0.109. The van der Waals surface area contributed by atoms with Gasteiger partial charge in [0.25, 0.3) is 0 Å². The highest BCUT2D eigenvalue weighted by atomic mass is 16.8. The molecule has 0 heterocycles.